The van der Waals surface area contributed by atoms with Gasteiger partial charge in [0.05, 0.1) is 11.0 Å². The first-order valence-corrected chi connectivity index (χ1v) is 13.3. The Bertz CT molecular complexity index is 1160. The third kappa shape index (κ3) is 7.24. The summed E-state index contributed by atoms with van der Waals surface area (Å²) in [6.45, 7) is 6.14. The number of likely N-dealkylation sites (N-methyl/N-ethyl adjacent to an activating group) is 1. The molecular formula is C27H36N2O5S. The predicted molar refractivity (Wildman–Crippen MR) is 138 cm³/mol. The number of aryl methyl sites for hydroxylation is 1. The predicted octanol–water partition coefficient (Wildman–Crippen LogP) is 3.25. The number of nitrogens with one attached hydrogen (secondary N) is 1. The Morgan fingerprint density at radius 2 is 1.83 bits per heavy atom. The molecule has 2 aromatic rings. The zero-order valence-corrected chi connectivity index (χ0v) is 21.7. The molecule has 0 aliphatic heterocycles. The maximum Gasteiger partial charge on any atom is 0.328 e. The van der Waals surface area contributed by atoms with Crippen LogP contribution in [0.25, 0.3) is 6.08 Å². The lowest BCUT2D eigenvalue weighted by atomic mass is 9.88. The fourth-order valence-corrected chi connectivity index (χ4v) is 6.25. The lowest BCUT2D eigenvalue weighted by molar-refractivity contribution is -0.131. The largest absolute Gasteiger partial charge is 0.478 e. The second-order valence-electron chi connectivity index (χ2n) is 10.1. The lowest BCUT2D eigenvalue weighted by Crippen LogP contribution is -2.47. The van der Waals surface area contributed by atoms with Crippen molar-refractivity contribution in [1.82, 2.24) is 9.62 Å². The minimum Gasteiger partial charge on any atom is -0.478 e. The number of aliphatic carboxylic acids is 1. The fraction of sp³-hybridized carbons (Fsp3) is 0.444. The van der Waals surface area contributed by atoms with Crippen molar-refractivity contribution in [2.45, 2.75) is 56.6 Å². The molecule has 190 valence electrons. The highest BCUT2D eigenvalue weighted by Crippen LogP contribution is 2.32. The van der Waals surface area contributed by atoms with E-state index in [0.717, 1.165) is 29.6 Å². The number of sulfonamides is 1. The van der Waals surface area contributed by atoms with E-state index in [1.54, 1.807) is 19.1 Å². The highest BCUT2D eigenvalue weighted by molar-refractivity contribution is 7.89. The molecular weight excluding hydrogens is 464 g/mol. The first kappa shape index (κ1) is 27.1. The van der Waals surface area contributed by atoms with Crippen LogP contribution >= 0.6 is 0 Å². The summed E-state index contributed by atoms with van der Waals surface area (Å²) in [5.41, 5.74) is 3.75. The number of benzene rings is 2. The third-order valence-electron chi connectivity index (χ3n) is 6.52. The van der Waals surface area contributed by atoms with Gasteiger partial charge in [-0.2, -0.15) is 4.31 Å². The first-order chi connectivity index (χ1) is 16.4. The molecule has 35 heavy (non-hydrogen) atoms. The molecule has 8 heteroatoms. The van der Waals surface area contributed by atoms with Gasteiger partial charge in [0.2, 0.25) is 10.0 Å². The minimum absolute atomic E-state index is 0.0413. The maximum atomic E-state index is 13.1. The molecule has 0 bridgehead atoms. The summed E-state index contributed by atoms with van der Waals surface area (Å²) in [4.78, 5) is 10.8. The van der Waals surface area contributed by atoms with Crippen molar-refractivity contribution >= 4 is 22.1 Å². The van der Waals surface area contributed by atoms with Gasteiger partial charge in [0.25, 0.3) is 0 Å². The summed E-state index contributed by atoms with van der Waals surface area (Å²) in [6.07, 6.45) is 4.64. The van der Waals surface area contributed by atoms with E-state index in [9.17, 15) is 18.3 Å². The molecule has 0 spiro atoms. The summed E-state index contributed by atoms with van der Waals surface area (Å²) in [6, 6.07) is 13.2. The van der Waals surface area contributed by atoms with Gasteiger partial charge in [-0.05, 0) is 80.3 Å². The second-order valence-corrected chi connectivity index (χ2v) is 12.2. The van der Waals surface area contributed by atoms with E-state index in [0.29, 0.717) is 17.0 Å². The van der Waals surface area contributed by atoms with Crippen LogP contribution in [0.5, 0.6) is 0 Å². The third-order valence-corrected chi connectivity index (χ3v) is 8.51. The van der Waals surface area contributed by atoms with Gasteiger partial charge < -0.3 is 15.5 Å². The number of hydrogen-bond donors (Lipinski definition) is 3. The molecule has 1 atom stereocenters. The van der Waals surface area contributed by atoms with Crippen molar-refractivity contribution < 1.29 is 23.4 Å². The average Bonchev–Trinajstić information content (AvgIpc) is 3.17. The topological polar surface area (TPSA) is 107 Å². The molecule has 0 radical (unpaired) electrons. The van der Waals surface area contributed by atoms with E-state index in [2.05, 4.69) is 43.4 Å². The highest BCUT2D eigenvalue weighted by atomic mass is 32.2. The summed E-state index contributed by atoms with van der Waals surface area (Å²) >= 11 is 0. The molecule has 0 saturated heterocycles. The number of carboxylic acid groups (broad SMARTS) is 1. The Morgan fingerprint density at radius 3 is 2.40 bits per heavy atom. The van der Waals surface area contributed by atoms with Crippen LogP contribution in [-0.4, -0.2) is 60.7 Å². The van der Waals surface area contributed by atoms with E-state index in [-0.39, 0.29) is 23.5 Å². The molecule has 0 heterocycles. The highest BCUT2D eigenvalue weighted by Gasteiger charge is 2.29. The molecule has 1 aliphatic carbocycles. The van der Waals surface area contributed by atoms with Crippen LogP contribution in [0.15, 0.2) is 53.4 Å². The standard InChI is InChI=1S/C27H36N2O5S/c1-19-13-20(10-12-26(31)32)9-11-25(19)35(33,34)29(4)18-24(30)17-28-27(2,3)16-21-14-22-7-5-6-8-23(22)15-21/h5-13,21,24,28,30H,14-18H2,1-4H3,(H,31,32)/b12-10+. The smallest absolute Gasteiger partial charge is 0.328 e. The van der Waals surface area contributed by atoms with Gasteiger partial charge in [0.15, 0.2) is 0 Å². The van der Waals surface area contributed by atoms with Gasteiger partial charge in [0.1, 0.15) is 0 Å². The Hall–Kier alpha value is -2.52. The van der Waals surface area contributed by atoms with Crippen LogP contribution in [-0.2, 0) is 27.7 Å². The van der Waals surface area contributed by atoms with Gasteiger partial charge in [-0.1, -0.05) is 36.4 Å². The van der Waals surface area contributed by atoms with Crippen molar-refractivity contribution in [2.75, 3.05) is 20.1 Å². The number of nitrogens with zero attached hydrogens (tertiary/aromatic N) is 1. The van der Waals surface area contributed by atoms with E-state index >= 15 is 0 Å². The molecule has 0 fully saturated rings. The Labute approximate surface area is 208 Å². The normalized spacial score (nSPS) is 15.6. The molecule has 1 unspecified atom stereocenters. The quantitative estimate of drug-likeness (QED) is 0.409. The van der Waals surface area contributed by atoms with E-state index in [4.69, 9.17) is 5.11 Å². The molecule has 3 N–H and O–H groups in total. The Balaban J connectivity index is 1.54. The van der Waals surface area contributed by atoms with E-state index in [1.165, 1.54) is 30.3 Å². The maximum absolute atomic E-state index is 13.1. The summed E-state index contributed by atoms with van der Waals surface area (Å²) < 4.78 is 27.3. The molecule has 2 aromatic carbocycles. The van der Waals surface area contributed by atoms with Gasteiger partial charge in [-0.25, -0.2) is 13.2 Å². The van der Waals surface area contributed by atoms with Crippen LogP contribution in [0, 0.1) is 12.8 Å². The van der Waals surface area contributed by atoms with Crippen molar-refractivity contribution in [1.29, 1.82) is 0 Å². The van der Waals surface area contributed by atoms with Crippen LogP contribution in [0.1, 0.15) is 42.5 Å². The first-order valence-electron chi connectivity index (χ1n) is 11.9. The van der Waals surface area contributed by atoms with E-state index in [1.807, 2.05) is 0 Å². The van der Waals surface area contributed by atoms with Crippen molar-refractivity contribution in [3.8, 4) is 0 Å². The van der Waals surface area contributed by atoms with Gasteiger partial charge in [-0.15, -0.1) is 0 Å². The van der Waals surface area contributed by atoms with Crippen LogP contribution in [0.4, 0.5) is 0 Å². The molecule has 0 amide bonds. The lowest BCUT2D eigenvalue weighted by Gasteiger charge is -2.31. The van der Waals surface area contributed by atoms with Gasteiger partial charge in [0, 0.05) is 31.8 Å². The molecule has 0 aromatic heterocycles. The number of rotatable bonds is 11. The molecule has 3 rings (SSSR count). The number of aliphatic hydroxyl groups is 1. The summed E-state index contributed by atoms with van der Waals surface area (Å²) in [7, 11) is -2.36. The SMILES string of the molecule is Cc1cc(/C=C/C(=O)O)ccc1S(=O)(=O)N(C)CC(O)CNC(C)(C)CC1Cc2ccccc2C1. The molecule has 1 aliphatic rings. The van der Waals surface area contributed by atoms with E-state index < -0.39 is 22.1 Å². The number of hydrogen-bond acceptors (Lipinski definition) is 5. The number of carbonyl (C=O) groups is 1. The number of aliphatic hydroxyl groups excluding tert-OH is 1. The zero-order valence-electron chi connectivity index (χ0n) is 20.9. The molecule has 0 saturated carbocycles. The second kappa shape index (κ2) is 11.0. The van der Waals surface area contributed by atoms with Crippen LogP contribution in [0.3, 0.4) is 0 Å². The number of carboxylic acids is 1. The summed E-state index contributed by atoms with van der Waals surface area (Å²) in [5, 5.41) is 22.8. The van der Waals surface area contributed by atoms with Crippen molar-refractivity contribution in [3.63, 3.8) is 0 Å². The zero-order chi connectivity index (χ0) is 25.8. The number of β-amino-alcohol motifs (C(OH)–C–C–N with tert-alkyl or cyclic N) is 1. The van der Waals surface area contributed by atoms with Crippen LogP contribution in [0.2, 0.25) is 0 Å². The summed E-state index contributed by atoms with van der Waals surface area (Å²) in [5.74, 6) is -0.524. The van der Waals surface area contributed by atoms with Crippen molar-refractivity contribution in [3.05, 3.63) is 70.8 Å². The fourth-order valence-electron chi connectivity index (χ4n) is 4.84. The van der Waals surface area contributed by atoms with Crippen molar-refractivity contribution in [2.24, 2.45) is 5.92 Å². The Kier molecular flexibility index (Phi) is 8.54. The number of fused-ring (bicyclic) bond motifs is 1. The molecule has 7 nitrogen and oxygen atoms in total. The van der Waals surface area contributed by atoms with Crippen LogP contribution < -0.4 is 5.32 Å². The van der Waals surface area contributed by atoms with Gasteiger partial charge >= 0.3 is 5.97 Å². The Morgan fingerprint density at radius 1 is 1.20 bits per heavy atom. The average molecular weight is 501 g/mol. The monoisotopic (exact) mass is 500 g/mol. The minimum atomic E-state index is -3.81. The van der Waals surface area contributed by atoms with Gasteiger partial charge in [-0.3, -0.25) is 0 Å².